The van der Waals surface area contributed by atoms with E-state index in [1.165, 1.54) is 0 Å². The van der Waals surface area contributed by atoms with Crippen LogP contribution in [0.2, 0.25) is 0 Å². The number of fused-ring (bicyclic) bond motifs is 2. The minimum atomic E-state index is -0.333. The van der Waals surface area contributed by atoms with E-state index in [0.29, 0.717) is 5.75 Å². The van der Waals surface area contributed by atoms with Gasteiger partial charge >= 0.3 is 0 Å². The molecule has 0 radical (unpaired) electrons. The Bertz CT molecular complexity index is 1180. The summed E-state index contributed by atoms with van der Waals surface area (Å²) in [5.41, 5.74) is 3.51. The number of hydrogen-bond acceptors (Lipinski definition) is 3. The van der Waals surface area contributed by atoms with Crippen molar-refractivity contribution in [1.82, 2.24) is 5.43 Å². The number of carbonyl (C=O) groups excluding carboxylic acids is 1. The molecule has 0 bridgehead atoms. The Morgan fingerprint density at radius 3 is 2.24 bits per heavy atom. The summed E-state index contributed by atoms with van der Waals surface area (Å²) < 4.78 is 7.24. The van der Waals surface area contributed by atoms with Crippen molar-refractivity contribution in [2.24, 2.45) is 5.10 Å². The molecule has 0 saturated carbocycles. The van der Waals surface area contributed by atoms with E-state index in [-0.39, 0.29) is 12.5 Å². The van der Waals surface area contributed by atoms with Gasteiger partial charge in [0.15, 0.2) is 6.61 Å². The fourth-order valence-electron chi connectivity index (χ4n) is 3.12. The highest BCUT2D eigenvalue weighted by molar-refractivity contribution is 9.11. The summed E-state index contributed by atoms with van der Waals surface area (Å²) in [5.74, 6) is 0.257. The molecule has 0 heterocycles. The van der Waals surface area contributed by atoms with E-state index < -0.39 is 0 Å². The zero-order valence-corrected chi connectivity index (χ0v) is 18.4. The van der Waals surface area contributed by atoms with Gasteiger partial charge in [0.05, 0.1) is 10.7 Å². The Hall–Kier alpha value is -2.70. The van der Waals surface area contributed by atoms with Crippen LogP contribution in [0.5, 0.6) is 5.75 Å². The van der Waals surface area contributed by atoms with Gasteiger partial charge in [-0.25, -0.2) is 5.43 Å². The van der Waals surface area contributed by atoms with Gasteiger partial charge in [0.1, 0.15) is 5.75 Å². The van der Waals surface area contributed by atoms with Crippen molar-refractivity contribution in [1.29, 1.82) is 0 Å². The molecule has 0 unspecified atom stereocenters. The van der Waals surface area contributed by atoms with Gasteiger partial charge in [-0.15, -0.1) is 0 Å². The quantitative estimate of drug-likeness (QED) is 0.201. The van der Waals surface area contributed by atoms with Crippen molar-refractivity contribution >= 4 is 65.5 Å². The van der Waals surface area contributed by atoms with Crippen LogP contribution in [0, 0.1) is 0 Å². The van der Waals surface area contributed by atoms with Crippen molar-refractivity contribution in [3.8, 4) is 5.75 Å². The normalized spacial score (nSPS) is 11.2. The van der Waals surface area contributed by atoms with Gasteiger partial charge in [0.25, 0.3) is 5.91 Å². The molecule has 1 amide bonds. The highest BCUT2D eigenvalue weighted by atomic mass is 79.9. The molecule has 4 aromatic rings. The molecule has 4 rings (SSSR count). The van der Waals surface area contributed by atoms with Crippen LogP contribution in [0.1, 0.15) is 5.56 Å². The number of halogens is 2. The third-order valence-corrected chi connectivity index (χ3v) is 5.56. The molecule has 4 aromatic carbocycles. The third-order valence-electron chi connectivity index (χ3n) is 4.45. The molecular weight excluding hydrogens is 496 g/mol. The number of carbonyl (C=O) groups is 1. The summed E-state index contributed by atoms with van der Waals surface area (Å²) >= 11 is 6.79. The van der Waals surface area contributed by atoms with Crippen molar-refractivity contribution in [2.45, 2.75) is 0 Å². The van der Waals surface area contributed by atoms with Crippen LogP contribution in [0.25, 0.3) is 21.5 Å². The lowest BCUT2D eigenvalue weighted by Crippen LogP contribution is -2.24. The fraction of sp³-hybridized carbons (Fsp3) is 0.0435. The molecule has 29 heavy (non-hydrogen) atoms. The molecular formula is C23H16Br2N2O2. The maximum Gasteiger partial charge on any atom is 0.277 e. The molecule has 1 N–H and O–H groups in total. The molecule has 0 saturated heterocycles. The molecule has 0 aliphatic carbocycles. The van der Waals surface area contributed by atoms with E-state index in [2.05, 4.69) is 72.7 Å². The first kappa shape index (κ1) is 19.6. The lowest BCUT2D eigenvalue weighted by molar-refractivity contribution is -0.123. The van der Waals surface area contributed by atoms with Gasteiger partial charge in [0.2, 0.25) is 0 Å². The third kappa shape index (κ3) is 4.49. The molecule has 0 aromatic heterocycles. The second-order valence-electron chi connectivity index (χ2n) is 6.39. The number of benzene rings is 4. The zero-order chi connectivity index (χ0) is 20.2. The van der Waals surface area contributed by atoms with Crippen molar-refractivity contribution in [3.05, 3.63) is 87.3 Å². The second kappa shape index (κ2) is 8.76. The van der Waals surface area contributed by atoms with Crippen LogP contribution in [0.15, 0.2) is 86.8 Å². The van der Waals surface area contributed by atoms with E-state index in [1.54, 1.807) is 12.3 Å². The monoisotopic (exact) mass is 510 g/mol. The number of nitrogens with one attached hydrogen (secondary N) is 1. The first-order valence-corrected chi connectivity index (χ1v) is 10.5. The van der Waals surface area contributed by atoms with Crippen LogP contribution in [0.4, 0.5) is 0 Å². The van der Waals surface area contributed by atoms with E-state index >= 15 is 0 Å². The molecule has 0 fully saturated rings. The van der Waals surface area contributed by atoms with E-state index in [1.807, 2.05) is 36.4 Å². The van der Waals surface area contributed by atoms with Gasteiger partial charge in [-0.05, 0) is 61.7 Å². The SMILES string of the molecule is O=C(COc1ccc(Br)cc1Br)NN=Cc1c2ccccc2cc2ccccc12. The maximum absolute atomic E-state index is 12.1. The fourth-order valence-corrected chi connectivity index (χ4v) is 4.29. The van der Waals surface area contributed by atoms with Crippen LogP contribution in [0.3, 0.4) is 0 Å². The van der Waals surface area contributed by atoms with E-state index in [4.69, 9.17) is 4.74 Å². The first-order chi connectivity index (χ1) is 14.1. The highest BCUT2D eigenvalue weighted by Crippen LogP contribution is 2.28. The molecule has 0 atom stereocenters. The number of amides is 1. The second-order valence-corrected chi connectivity index (χ2v) is 8.16. The van der Waals surface area contributed by atoms with Gasteiger partial charge in [-0.2, -0.15) is 5.10 Å². The molecule has 0 spiro atoms. The Morgan fingerprint density at radius 2 is 1.59 bits per heavy atom. The summed E-state index contributed by atoms with van der Waals surface area (Å²) in [6.45, 7) is -0.131. The van der Waals surface area contributed by atoms with Gasteiger partial charge in [0, 0.05) is 10.0 Å². The first-order valence-electron chi connectivity index (χ1n) is 8.92. The lowest BCUT2D eigenvalue weighted by atomic mass is 9.97. The number of hydrazone groups is 1. The molecule has 0 aliphatic heterocycles. The number of nitrogens with zero attached hydrogens (tertiary/aromatic N) is 1. The largest absolute Gasteiger partial charge is 0.483 e. The molecule has 144 valence electrons. The highest BCUT2D eigenvalue weighted by Gasteiger charge is 2.07. The van der Waals surface area contributed by atoms with Crippen LogP contribution < -0.4 is 10.2 Å². The van der Waals surface area contributed by atoms with Gasteiger partial charge in [-0.3, -0.25) is 4.79 Å². The Labute approximate surface area is 184 Å². The van der Waals surface area contributed by atoms with Gasteiger partial charge < -0.3 is 4.74 Å². The minimum absolute atomic E-state index is 0.131. The standard InChI is InChI=1S/C23H16Br2N2O2/c24-17-9-10-22(21(25)12-17)29-14-23(28)27-26-13-20-18-7-3-1-5-15(18)11-16-6-2-4-8-19(16)20/h1-13H,14H2,(H,27,28). The maximum atomic E-state index is 12.1. The summed E-state index contributed by atoms with van der Waals surface area (Å²) in [6, 6.07) is 23.9. The van der Waals surface area contributed by atoms with E-state index in [9.17, 15) is 4.79 Å². The summed E-state index contributed by atoms with van der Waals surface area (Å²) in [6.07, 6.45) is 1.69. The summed E-state index contributed by atoms with van der Waals surface area (Å²) in [5, 5.41) is 8.59. The summed E-state index contributed by atoms with van der Waals surface area (Å²) in [4.78, 5) is 12.1. The molecule has 0 aliphatic rings. The smallest absolute Gasteiger partial charge is 0.277 e. The molecule has 6 heteroatoms. The summed E-state index contributed by atoms with van der Waals surface area (Å²) in [7, 11) is 0. The zero-order valence-electron chi connectivity index (χ0n) is 15.2. The Balaban J connectivity index is 1.51. The predicted molar refractivity (Wildman–Crippen MR) is 125 cm³/mol. The number of rotatable bonds is 5. The predicted octanol–water partition coefficient (Wildman–Crippen LogP) is 6.05. The lowest BCUT2D eigenvalue weighted by Gasteiger charge is -2.09. The average Bonchev–Trinajstić information content (AvgIpc) is 2.72. The average molecular weight is 512 g/mol. The van der Waals surface area contributed by atoms with Crippen LogP contribution in [-0.4, -0.2) is 18.7 Å². The Kier molecular flexibility index (Phi) is 5.92. The van der Waals surface area contributed by atoms with Crippen LogP contribution in [-0.2, 0) is 4.79 Å². The number of ether oxygens (including phenoxy) is 1. The van der Waals surface area contributed by atoms with Crippen LogP contribution >= 0.6 is 31.9 Å². The van der Waals surface area contributed by atoms with E-state index in [0.717, 1.165) is 36.1 Å². The minimum Gasteiger partial charge on any atom is -0.483 e. The Morgan fingerprint density at radius 1 is 0.931 bits per heavy atom. The topological polar surface area (TPSA) is 50.7 Å². The van der Waals surface area contributed by atoms with Crippen molar-refractivity contribution in [2.75, 3.05) is 6.61 Å². The van der Waals surface area contributed by atoms with Crippen molar-refractivity contribution in [3.63, 3.8) is 0 Å². The molecule has 4 nitrogen and oxygen atoms in total. The van der Waals surface area contributed by atoms with Gasteiger partial charge in [-0.1, -0.05) is 64.5 Å². The number of hydrogen-bond donors (Lipinski definition) is 1. The van der Waals surface area contributed by atoms with Crippen molar-refractivity contribution < 1.29 is 9.53 Å².